The fraction of sp³-hybridized carbons (Fsp3) is 0.290. The number of rotatable bonds is 9. The summed E-state index contributed by atoms with van der Waals surface area (Å²) in [5.41, 5.74) is 5.49. The summed E-state index contributed by atoms with van der Waals surface area (Å²) in [4.78, 5) is 16.7. The van der Waals surface area contributed by atoms with Crippen molar-refractivity contribution in [3.8, 4) is 17.3 Å². The van der Waals surface area contributed by atoms with Gasteiger partial charge in [-0.2, -0.15) is 5.26 Å². The number of nitrogens with zero attached hydrogens (tertiary/aromatic N) is 7. The van der Waals surface area contributed by atoms with Gasteiger partial charge in [0.15, 0.2) is 5.13 Å². The van der Waals surface area contributed by atoms with Crippen molar-refractivity contribution in [2.45, 2.75) is 41.0 Å². The van der Waals surface area contributed by atoms with E-state index < -0.39 is 10.0 Å². The zero-order valence-electron chi connectivity index (χ0n) is 25.3. The summed E-state index contributed by atoms with van der Waals surface area (Å²) in [6, 6.07) is 12.1. The van der Waals surface area contributed by atoms with Gasteiger partial charge in [0, 0.05) is 42.7 Å². The summed E-state index contributed by atoms with van der Waals surface area (Å²) < 4.78 is 40.7. The number of anilines is 2. The monoisotopic (exact) mass is 619 g/mol. The van der Waals surface area contributed by atoms with Crippen LogP contribution in [0.5, 0.6) is 0 Å². The van der Waals surface area contributed by atoms with E-state index in [4.69, 9.17) is 9.97 Å². The zero-order chi connectivity index (χ0) is 31.5. The van der Waals surface area contributed by atoms with Crippen LogP contribution in [0.1, 0.15) is 50.8 Å². The van der Waals surface area contributed by atoms with Crippen LogP contribution in [0, 0.1) is 17.1 Å². The normalized spacial score (nSPS) is 12.3. The minimum absolute atomic E-state index is 0.339. The fourth-order valence-corrected chi connectivity index (χ4v) is 5.92. The maximum atomic E-state index is 13.6. The van der Waals surface area contributed by atoms with E-state index in [-0.39, 0.29) is 5.82 Å². The maximum absolute atomic E-state index is 13.6. The number of nitriles is 1. The zero-order valence-corrected chi connectivity index (χ0v) is 26.9. The van der Waals surface area contributed by atoms with E-state index in [1.165, 1.54) is 30.5 Å². The largest absolute Gasteiger partial charge is 0.302 e. The second-order valence-corrected chi connectivity index (χ2v) is 13.1. The first kappa shape index (κ1) is 31.6. The molecule has 0 aliphatic carbocycles. The quantitative estimate of drug-likeness (QED) is 0.116. The molecule has 0 spiro atoms. The highest BCUT2D eigenvalue weighted by Gasteiger charge is 2.24. The van der Waals surface area contributed by atoms with Gasteiger partial charge in [-0.05, 0) is 70.5 Å². The van der Waals surface area contributed by atoms with Crippen LogP contribution < -0.4 is 4.90 Å². The molecule has 0 amide bonds. The number of benzene rings is 1. The molecule has 1 aromatic carbocycles. The predicted octanol–water partition coefficient (Wildman–Crippen LogP) is 6.81. The highest BCUT2D eigenvalue weighted by atomic mass is 32.2. The summed E-state index contributed by atoms with van der Waals surface area (Å²) in [6.45, 7) is 10.2. The number of hydrogen-bond acceptors (Lipinski definition) is 8. The molecule has 9 nitrogen and oxygen atoms in total. The Hall–Kier alpha value is -4.34. The topological polar surface area (TPSA) is 107 Å². The van der Waals surface area contributed by atoms with E-state index in [0.717, 1.165) is 44.4 Å². The molecule has 224 valence electrons. The Bertz CT molecular complexity index is 1890. The maximum Gasteiger partial charge on any atom is 0.232 e. The molecule has 0 aliphatic heterocycles. The number of pyridine rings is 1. The van der Waals surface area contributed by atoms with E-state index in [1.54, 1.807) is 25.3 Å². The predicted molar refractivity (Wildman–Crippen MR) is 173 cm³/mol. The van der Waals surface area contributed by atoms with Gasteiger partial charge < -0.3 is 4.90 Å². The molecule has 0 unspecified atom stereocenters. The van der Waals surface area contributed by atoms with Gasteiger partial charge in [-0.1, -0.05) is 29.9 Å². The van der Waals surface area contributed by atoms with Gasteiger partial charge in [-0.15, -0.1) is 0 Å². The van der Waals surface area contributed by atoms with Crippen LogP contribution in [0.15, 0.2) is 65.4 Å². The van der Waals surface area contributed by atoms with E-state index in [1.807, 2.05) is 61.4 Å². The molecule has 0 radical (unpaired) electrons. The van der Waals surface area contributed by atoms with E-state index >= 15 is 0 Å². The van der Waals surface area contributed by atoms with E-state index in [2.05, 4.69) is 11.1 Å². The van der Waals surface area contributed by atoms with Crippen molar-refractivity contribution >= 4 is 49.4 Å². The number of halogens is 1. The van der Waals surface area contributed by atoms with Gasteiger partial charge in [0.2, 0.25) is 10.0 Å². The van der Waals surface area contributed by atoms with Crippen LogP contribution in [0.25, 0.3) is 22.5 Å². The molecule has 0 fully saturated rings. The van der Waals surface area contributed by atoms with Crippen molar-refractivity contribution in [3.05, 3.63) is 82.4 Å². The third kappa shape index (κ3) is 6.84. The second kappa shape index (κ2) is 12.9. The van der Waals surface area contributed by atoms with Gasteiger partial charge in [-0.25, -0.2) is 27.8 Å². The Morgan fingerprint density at radius 3 is 2.42 bits per heavy atom. The van der Waals surface area contributed by atoms with Gasteiger partial charge in [0.05, 0.1) is 11.9 Å². The molecular formula is C31H34FN7O2S2. The van der Waals surface area contributed by atoms with Crippen LogP contribution >= 0.6 is 11.3 Å². The Balaban J connectivity index is 1.87. The number of imidazole rings is 1. The number of amidine groups is 1. The smallest absolute Gasteiger partial charge is 0.232 e. The van der Waals surface area contributed by atoms with Crippen LogP contribution in [0.4, 0.5) is 15.3 Å². The van der Waals surface area contributed by atoms with Gasteiger partial charge in [0.25, 0.3) is 0 Å². The second-order valence-electron chi connectivity index (χ2n) is 10.1. The molecule has 0 N–H and O–H groups in total. The van der Waals surface area contributed by atoms with Crippen molar-refractivity contribution < 1.29 is 12.8 Å². The fourth-order valence-electron chi connectivity index (χ4n) is 4.44. The average molecular weight is 620 g/mol. The van der Waals surface area contributed by atoms with Crippen LogP contribution in [-0.2, 0) is 16.4 Å². The number of hydrogen-bond donors (Lipinski definition) is 0. The van der Waals surface area contributed by atoms with Crippen LogP contribution in [0.2, 0.25) is 0 Å². The molecule has 4 rings (SSSR count). The Morgan fingerprint density at radius 2 is 1.84 bits per heavy atom. The summed E-state index contributed by atoms with van der Waals surface area (Å²) in [5.74, 6) is 0.816. The number of sulfonamides is 1. The molecular weight excluding hydrogens is 586 g/mol. The molecule has 0 saturated carbocycles. The first-order valence-corrected chi connectivity index (χ1v) is 16.3. The number of aromatic nitrogens is 3. The Kier molecular flexibility index (Phi) is 9.47. The lowest BCUT2D eigenvalue weighted by Gasteiger charge is -2.21. The molecule has 3 heterocycles. The van der Waals surface area contributed by atoms with Crippen molar-refractivity contribution in [2.24, 2.45) is 4.99 Å². The SMILES string of the molecule is CCc1nc2ccc(/C(C=C(C)C)=C/N=C(C)N(C)S(C)(=O)=O)cn2c1N(CC)c1nc(-c2ccc(F)cc2)c(C#N)s1. The van der Waals surface area contributed by atoms with Gasteiger partial charge >= 0.3 is 0 Å². The number of aliphatic imine (C=N–C) groups is 1. The minimum Gasteiger partial charge on any atom is -0.302 e. The highest BCUT2D eigenvalue weighted by molar-refractivity contribution is 7.88. The third-order valence-corrected chi connectivity index (χ3v) is 9.00. The number of fused-ring (bicyclic) bond motifs is 1. The summed E-state index contributed by atoms with van der Waals surface area (Å²) >= 11 is 1.28. The van der Waals surface area contributed by atoms with Gasteiger partial charge in [0.1, 0.15) is 39.8 Å². The number of allylic oxidation sites excluding steroid dienone is 3. The van der Waals surface area contributed by atoms with Crippen molar-refractivity contribution in [3.63, 3.8) is 0 Å². The number of thiazole rings is 1. The van der Waals surface area contributed by atoms with Crippen molar-refractivity contribution in [1.82, 2.24) is 18.7 Å². The molecule has 4 aromatic rings. The lowest BCUT2D eigenvalue weighted by Crippen LogP contribution is -2.30. The molecule has 0 atom stereocenters. The Morgan fingerprint density at radius 1 is 1.14 bits per heavy atom. The van der Waals surface area contributed by atoms with Crippen molar-refractivity contribution in [2.75, 3.05) is 24.7 Å². The standard InChI is InChI=1S/C31H34FN7O2S2/c1-8-26-30(38(9-2)31-36-29(27(17-33)42-31)22-10-13-25(32)14-11-22)39-19-23(12-15-28(39)35-26)24(16-20(3)4)18-34-21(5)37(6)43(7,40)41/h10-16,18-19H,8-9H2,1-7H3/b24-18+,34-21?. The van der Waals surface area contributed by atoms with E-state index in [9.17, 15) is 18.1 Å². The minimum atomic E-state index is -3.44. The third-order valence-electron chi connectivity index (χ3n) is 6.76. The molecule has 3 aromatic heterocycles. The average Bonchev–Trinajstić information content (AvgIpc) is 3.56. The lowest BCUT2D eigenvalue weighted by atomic mass is 10.1. The van der Waals surface area contributed by atoms with E-state index in [0.29, 0.717) is 40.1 Å². The van der Waals surface area contributed by atoms with Gasteiger partial charge in [-0.3, -0.25) is 8.71 Å². The Labute approximate surface area is 256 Å². The summed E-state index contributed by atoms with van der Waals surface area (Å²) in [5, 5.41) is 10.5. The molecule has 12 heteroatoms. The number of aryl methyl sites for hydroxylation is 1. The molecule has 0 bridgehead atoms. The van der Waals surface area contributed by atoms with Crippen LogP contribution in [0.3, 0.4) is 0 Å². The summed E-state index contributed by atoms with van der Waals surface area (Å²) in [6.07, 6.45) is 7.44. The lowest BCUT2D eigenvalue weighted by molar-refractivity contribution is 0.558. The highest BCUT2D eigenvalue weighted by Crippen LogP contribution is 2.38. The first-order chi connectivity index (χ1) is 20.4. The molecule has 43 heavy (non-hydrogen) atoms. The molecule has 0 saturated heterocycles. The van der Waals surface area contributed by atoms with Crippen molar-refractivity contribution in [1.29, 1.82) is 5.26 Å². The first-order valence-electron chi connectivity index (χ1n) is 13.7. The summed E-state index contributed by atoms with van der Waals surface area (Å²) in [7, 11) is -1.97. The van der Waals surface area contributed by atoms with Crippen LogP contribution in [-0.4, -0.2) is 52.8 Å². The molecule has 0 aliphatic rings.